The van der Waals surface area contributed by atoms with Gasteiger partial charge in [-0.05, 0) is 76.8 Å². The zero-order valence-electron chi connectivity index (χ0n) is 28.7. The fourth-order valence-electron chi connectivity index (χ4n) is 7.07. The number of aryl methyl sites for hydroxylation is 2. The van der Waals surface area contributed by atoms with E-state index in [4.69, 9.17) is 0 Å². The van der Waals surface area contributed by atoms with E-state index in [0.717, 1.165) is 0 Å². The van der Waals surface area contributed by atoms with Gasteiger partial charge in [0.2, 0.25) is 0 Å². The summed E-state index contributed by atoms with van der Waals surface area (Å²) in [5.74, 6) is 1.97. The second-order valence-corrected chi connectivity index (χ2v) is 15.7. The van der Waals surface area contributed by atoms with E-state index in [1.54, 1.807) is 0 Å². The SMILES string of the molecule is Cc1cc2sc3cc(-c4ccccc4)ccc3c2cc1-c1n(-c2c(C(C)C)cc(C(C)(C)C)cc2C(C)C)c2ccccc2[n+]1C. The second-order valence-electron chi connectivity index (χ2n) is 14.6. The lowest BCUT2D eigenvalue weighted by molar-refractivity contribution is -0.633. The van der Waals surface area contributed by atoms with Gasteiger partial charge in [0.25, 0.3) is 5.82 Å². The highest BCUT2D eigenvalue weighted by molar-refractivity contribution is 7.25. The highest BCUT2D eigenvalue weighted by atomic mass is 32.1. The number of fused-ring (bicyclic) bond motifs is 4. The molecule has 0 aliphatic rings. The number of imidazole rings is 1. The Morgan fingerprint density at radius 1 is 0.674 bits per heavy atom. The normalized spacial score (nSPS) is 12.4. The van der Waals surface area contributed by atoms with Crippen molar-refractivity contribution in [3.8, 4) is 28.2 Å². The second kappa shape index (κ2) is 11.2. The summed E-state index contributed by atoms with van der Waals surface area (Å²) in [5, 5.41) is 2.65. The lowest BCUT2D eigenvalue weighted by Crippen LogP contribution is -2.30. The highest BCUT2D eigenvalue weighted by Crippen LogP contribution is 2.43. The summed E-state index contributed by atoms with van der Waals surface area (Å²) >= 11 is 1.90. The molecule has 0 fully saturated rings. The first-order chi connectivity index (χ1) is 21.9. The lowest BCUT2D eigenvalue weighted by Gasteiger charge is -2.26. The van der Waals surface area contributed by atoms with Gasteiger partial charge in [0.1, 0.15) is 5.69 Å². The predicted molar refractivity (Wildman–Crippen MR) is 200 cm³/mol. The van der Waals surface area contributed by atoms with Gasteiger partial charge in [-0.1, -0.05) is 115 Å². The van der Waals surface area contributed by atoms with Gasteiger partial charge in [0, 0.05) is 31.3 Å². The van der Waals surface area contributed by atoms with Gasteiger partial charge >= 0.3 is 0 Å². The summed E-state index contributed by atoms with van der Waals surface area (Å²) in [5.41, 5.74) is 13.2. The Bertz CT molecular complexity index is 2230. The molecule has 0 unspecified atom stereocenters. The molecular formula is C43H45N2S+. The molecule has 0 aliphatic heterocycles. The molecule has 0 bridgehead atoms. The van der Waals surface area contributed by atoms with E-state index in [9.17, 15) is 0 Å². The first kappa shape index (κ1) is 30.4. The van der Waals surface area contributed by atoms with Crippen molar-refractivity contribution in [1.82, 2.24) is 4.57 Å². The van der Waals surface area contributed by atoms with Crippen molar-refractivity contribution in [3.63, 3.8) is 0 Å². The van der Waals surface area contributed by atoms with Crippen LogP contribution in [0.15, 0.2) is 97.1 Å². The first-order valence-electron chi connectivity index (χ1n) is 16.6. The summed E-state index contributed by atoms with van der Waals surface area (Å²) in [7, 11) is 2.24. The molecule has 2 nitrogen and oxygen atoms in total. The Morgan fingerprint density at radius 2 is 1.30 bits per heavy atom. The molecule has 0 aliphatic carbocycles. The fourth-order valence-corrected chi connectivity index (χ4v) is 8.29. The van der Waals surface area contributed by atoms with Crippen molar-refractivity contribution < 1.29 is 4.57 Å². The summed E-state index contributed by atoms with van der Waals surface area (Å²) in [6.45, 7) is 18.7. The van der Waals surface area contributed by atoms with Crippen molar-refractivity contribution in [2.75, 3.05) is 0 Å². The van der Waals surface area contributed by atoms with Crippen molar-refractivity contribution in [1.29, 1.82) is 0 Å². The molecule has 0 saturated heterocycles. The largest absolute Gasteiger partial charge is 0.295 e. The molecule has 2 heterocycles. The maximum Gasteiger partial charge on any atom is 0.295 e. The van der Waals surface area contributed by atoms with E-state index >= 15 is 0 Å². The van der Waals surface area contributed by atoms with Crippen molar-refractivity contribution >= 4 is 42.5 Å². The van der Waals surface area contributed by atoms with Crippen LogP contribution in [0.2, 0.25) is 0 Å². The van der Waals surface area contributed by atoms with Crippen molar-refractivity contribution in [2.24, 2.45) is 7.05 Å². The van der Waals surface area contributed by atoms with E-state index in [0.29, 0.717) is 11.8 Å². The first-order valence-corrected chi connectivity index (χ1v) is 17.5. The van der Waals surface area contributed by atoms with Crippen molar-refractivity contribution in [3.05, 3.63) is 119 Å². The van der Waals surface area contributed by atoms with Crippen LogP contribution < -0.4 is 4.57 Å². The Labute approximate surface area is 278 Å². The Morgan fingerprint density at radius 3 is 1.96 bits per heavy atom. The molecule has 2 aromatic heterocycles. The zero-order chi connectivity index (χ0) is 32.5. The maximum atomic E-state index is 2.59. The number of thiophene rings is 1. The van der Waals surface area contributed by atoms with Crippen LogP contribution in [0.1, 0.15) is 82.6 Å². The Balaban J connectivity index is 1.54. The van der Waals surface area contributed by atoms with E-state index < -0.39 is 0 Å². The fraction of sp³-hybridized carbons (Fsp3) is 0.279. The van der Waals surface area contributed by atoms with E-state index in [1.165, 1.54) is 81.7 Å². The zero-order valence-corrected chi connectivity index (χ0v) is 29.5. The average Bonchev–Trinajstić information content (AvgIpc) is 3.53. The minimum atomic E-state index is 0.0695. The maximum absolute atomic E-state index is 2.59. The minimum absolute atomic E-state index is 0.0695. The minimum Gasteiger partial charge on any atom is -0.225 e. The van der Waals surface area contributed by atoms with Gasteiger partial charge in [-0.3, -0.25) is 0 Å². The van der Waals surface area contributed by atoms with Gasteiger partial charge in [-0.15, -0.1) is 11.3 Å². The number of rotatable bonds is 5. The third-order valence-electron chi connectivity index (χ3n) is 9.68. The molecule has 7 aromatic rings. The molecule has 5 aromatic carbocycles. The van der Waals surface area contributed by atoms with Crippen LogP contribution in [0.25, 0.3) is 59.4 Å². The molecule has 0 spiro atoms. The van der Waals surface area contributed by atoms with E-state index in [-0.39, 0.29) is 5.41 Å². The standard InChI is InChI=1S/C43H45N2S/c1-26(2)33-23-31(43(6,7)8)24-34(27(3)4)41(33)45-38-18-14-13-17-37(38)44(9)42(45)35-25-36-32-20-19-30(29-15-11-10-12-16-29)22-40(32)46-39(36)21-28(35)5/h10-27H,1-9H3/q+1. The quantitative estimate of drug-likeness (QED) is 0.169. The van der Waals surface area contributed by atoms with Crippen molar-refractivity contribution in [2.45, 2.75) is 72.6 Å². The van der Waals surface area contributed by atoms with Gasteiger partial charge in [-0.25, -0.2) is 4.57 Å². The monoisotopic (exact) mass is 621 g/mol. The summed E-state index contributed by atoms with van der Waals surface area (Å²) in [6, 6.07) is 36.4. The van der Waals surface area contributed by atoms with Crippen LogP contribution in [0.5, 0.6) is 0 Å². The average molecular weight is 622 g/mol. The molecule has 46 heavy (non-hydrogen) atoms. The van der Waals surface area contributed by atoms with Gasteiger partial charge in [0.15, 0.2) is 11.0 Å². The van der Waals surface area contributed by atoms with Gasteiger partial charge in [0.05, 0.1) is 12.6 Å². The number of nitrogens with zero attached hydrogens (tertiary/aromatic N) is 2. The smallest absolute Gasteiger partial charge is 0.225 e. The number of benzene rings is 5. The molecule has 3 heteroatoms. The number of aromatic nitrogens is 2. The van der Waals surface area contributed by atoms with Crippen LogP contribution in [-0.2, 0) is 12.5 Å². The lowest BCUT2D eigenvalue weighted by atomic mass is 9.81. The Hall–Kier alpha value is -4.21. The number of hydrogen-bond donors (Lipinski definition) is 0. The highest BCUT2D eigenvalue weighted by Gasteiger charge is 2.33. The van der Waals surface area contributed by atoms with Crippen LogP contribution in [0.4, 0.5) is 0 Å². The molecule has 7 rings (SSSR count). The van der Waals surface area contributed by atoms with Gasteiger partial charge < -0.3 is 0 Å². The van der Waals surface area contributed by atoms with E-state index in [2.05, 4.69) is 169 Å². The summed E-state index contributed by atoms with van der Waals surface area (Å²) < 4.78 is 7.67. The number of para-hydroxylation sites is 2. The molecular weight excluding hydrogens is 577 g/mol. The van der Waals surface area contributed by atoms with E-state index in [1.807, 2.05) is 11.3 Å². The third-order valence-corrected chi connectivity index (χ3v) is 10.8. The molecule has 0 radical (unpaired) electrons. The third kappa shape index (κ3) is 4.97. The van der Waals surface area contributed by atoms with Crippen LogP contribution in [-0.4, -0.2) is 4.57 Å². The summed E-state index contributed by atoms with van der Waals surface area (Å²) in [6.07, 6.45) is 0. The molecule has 0 amide bonds. The molecule has 0 N–H and O–H groups in total. The topological polar surface area (TPSA) is 8.81 Å². The van der Waals surface area contributed by atoms with Crippen LogP contribution in [0.3, 0.4) is 0 Å². The summed E-state index contributed by atoms with van der Waals surface area (Å²) in [4.78, 5) is 0. The van der Waals surface area contributed by atoms with Crippen LogP contribution >= 0.6 is 11.3 Å². The van der Waals surface area contributed by atoms with Gasteiger partial charge in [-0.2, -0.15) is 4.57 Å². The molecule has 232 valence electrons. The molecule has 0 atom stereocenters. The predicted octanol–water partition coefficient (Wildman–Crippen LogP) is 12.0. The van der Waals surface area contributed by atoms with Crippen LogP contribution in [0, 0.1) is 6.92 Å². The molecule has 0 saturated carbocycles. The number of hydrogen-bond acceptors (Lipinski definition) is 1. The Kier molecular flexibility index (Phi) is 7.44.